The number of rotatable bonds is 5. The van der Waals surface area contributed by atoms with Gasteiger partial charge in [0.15, 0.2) is 0 Å². The molecule has 2 heterocycles. The summed E-state index contributed by atoms with van der Waals surface area (Å²) >= 11 is 0. The van der Waals surface area contributed by atoms with Gasteiger partial charge in [0, 0.05) is 18.6 Å². The fourth-order valence-electron chi connectivity index (χ4n) is 2.94. The normalized spacial score (nSPS) is 31.1. The maximum atomic E-state index is 3.74. The molecule has 2 nitrogen and oxygen atoms in total. The van der Waals surface area contributed by atoms with Gasteiger partial charge < -0.3 is 10.2 Å². The number of allylic oxidation sites excluding steroid dienone is 2. The minimum absolute atomic E-state index is 0.790. The molecule has 2 aliphatic heterocycles. The second kappa shape index (κ2) is 6.41. The summed E-state index contributed by atoms with van der Waals surface area (Å²) in [5.41, 5.74) is 0. The van der Waals surface area contributed by atoms with Crippen molar-refractivity contribution in [3.8, 4) is 0 Å². The topological polar surface area (TPSA) is 15.3 Å². The first-order valence-corrected chi connectivity index (χ1v) is 7.02. The maximum absolute atomic E-state index is 3.74. The SMILES string of the molecule is CCC=CCCCN1CC[C@H]2CC[C@@H](C1)N2. The number of hydrogen-bond donors (Lipinski definition) is 1. The molecule has 0 aromatic heterocycles. The Labute approximate surface area is 100 Å². The van der Waals surface area contributed by atoms with Gasteiger partial charge >= 0.3 is 0 Å². The van der Waals surface area contributed by atoms with E-state index in [1.807, 2.05) is 0 Å². The van der Waals surface area contributed by atoms with Crippen molar-refractivity contribution in [2.45, 2.75) is 57.5 Å². The fraction of sp³-hybridized carbons (Fsp3) is 0.857. The summed E-state index contributed by atoms with van der Waals surface area (Å²) in [7, 11) is 0. The lowest BCUT2D eigenvalue weighted by Gasteiger charge is -2.23. The van der Waals surface area contributed by atoms with Crippen LogP contribution in [0, 0.1) is 0 Å². The van der Waals surface area contributed by atoms with Crippen molar-refractivity contribution in [3.63, 3.8) is 0 Å². The molecule has 2 saturated heterocycles. The fourth-order valence-corrected chi connectivity index (χ4v) is 2.94. The molecular formula is C14H26N2. The molecule has 0 amide bonds. The Kier molecular flexibility index (Phi) is 4.86. The van der Waals surface area contributed by atoms with Gasteiger partial charge in [0.05, 0.1) is 0 Å². The van der Waals surface area contributed by atoms with E-state index in [1.54, 1.807) is 0 Å². The summed E-state index contributed by atoms with van der Waals surface area (Å²) in [5.74, 6) is 0. The molecule has 2 fully saturated rings. The Bertz CT molecular complexity index is 225. The Balaban J connectivity index is 1.64. The second-order valence-corrected chi connectivity index (χ2v) is 5.25. The molecule has 0 saturated carbocycles. The van der Waals surface area contributed by atoms with Crippen LogP contribution in [0.2, 0.25) is 0 Å². The molecule has 0 radical (unpaired) electrons. The third-order valence-electron chi connectivity index (χ3n) is 3.85. The predicted molar refractivity (Wildman–Crippen MR) is 69.7 cm³/mol. The van der Waals surface area contributed by atoms with Crippen LogP contribution >= 0.6 is 0 Å². The second-order valence-electron chi connectivity index (χ2n) is 5.25. The number of hydrogen-bond acceptors (Lipinski definition) is 2. The maximum Gasteiger partial charge on any atom is 0.0198 e. The van der Waals surface area contributed by atoms with Crippen LogP contribution in [0.3, 0.4) is 0 Å². The van der Waals surface area contributed by atoms with Crippen LogP contribution in [0.5, 0.6) is 0 Å². The van der Waals surface area contributed by atoms with Gasteiger partial charge in [-0.05, 0) is 51.6 Å². The van der Waals surface area contributed by atoms with E-state index >= 15 is 0 Å². The zero-order valence-electron chi connectivity index (χ0n) is 10.6. The van der Waals surface area contributed by atoms with Gasteiger partial charge in [-0.15, -0.1) is 0 Å². The lowest BCUT2D eigenvalue weighted by atomic mass is 10.1. The molecular weight excluding hydrogens is 196 g/mol. The van der Waals surface area contributed by atoms with E-state index in [0.29, 0.717) is 0 Å². The molecule has 2 rings (SSSR count). The Hall–Kier alpha value is -0.340. The van der Waals surface area contributed by atoms with Gasteiger partial charge in [0.1, 0.15) is 0 Å². The minimum atomic E-state index is 0.790. The van der Waals surface area contributed by atoms with Gasteiger partial charge in [-0.3, -0.25) is 0 Å². The molecule has 2 heteroatoms. The first kappa shape index (κ1) is 12.1. The van der Waals surface area contributed by atoms with Crippen LogP contribution in [-0.4, -0.2) is 36.6 Å². The monoisotopic (exact) mass is 222 g/mol. The zero-order valence-corrected chi connectivity index (χ0v) is 10.6. The van der Waals surface area contributed by atoms with Crippen molar-refractivity contribution in [3.05, 3.63) is 12.2 Å². The van der Waals surface area contributed by atoms with E-state index in [2.05, 4.69) is 29.3 Å². The van der Waals surface area contributed by atoms with Crippen molar-refractivity contribution in [2.24, 2.45) is 0 Å². The van der Waals surface area contributed by atoms with Crippen molar-refractivity contribution in [1.29, 1.82) is 0 Å². The minimum Gasteiger partial charge on any atom is -0.310 e. The standard InChI is InChI=1S/C14H26N2/c1-2-3-4-5-6-10-16-11-9-13-7-8-14(12-16)15-13/h3-4,13-15H,2,5-12H2,1H3/t13-,14+/m1/s1. The van der Waals surface area contributed by atoms with Gasteiger partial charge in [-0.1, -0.05) is 19.1 Å². The van der Waals surface area contributed by atoms with Gasteiger partial charge in [-0.2, -0.15) is 0 Å². The lowest BCUT2D eigenvalue weighted by Crippen LogP contribution is -2.35. The van der Waals surface area contributed by atoms with Crippen LogP contribution in [0.25, 0.3) is 0 Å². The highest BCUT2D eigenvalue weighted by Gasteiger charge is 2.28. The van der Waals surface area contributed by atoms with Gasteiger partial charge in [0.2, 0.25) is 0 Å². The molecule has 16 heavy (non-hydrogen) atoms. The summed E-state index contributed by atoms with van der Waals surface area (Å²) in [6, 6.07) is 1.62. The number of fused-ring (bicyclic) bond motifs is 2. The average molecular weight is 222 g/mol. The first-order valence-electron chi connectivity index (χ1n) is 7.02. The molecule has 2 aliphatic rings. The van der Waals surface area contributed by atoms with E-state index in [-0.39, 0.29) is 0 Å². The van der Waals surface area contributed by atoms with Crippen LogP contribution in [0.1, 0.15) is 45.4 Å². The van der Waals surface area contributed by atoms with Crippen LogP contribution in [0.15, 0.2) is 12.2 Å². The van der Waals surface area contributed by atoms with E-state index < -0.39 is 0 Å². The molecule has 0 aromatic carbocycles. The first-order chi connectivity index (χ1) is 7.88. The number of unbranched alkanes of at least 4 members (excludes halogenated alkanes) is 1. The average Bonchev–Trinajstić information content (AvgIpc) is 2.61. The lowest BCUT2D eigenvalue weighted by molar-refractivity contribution is 0.256. The summed E-state index contributed by atoms with van der Waals surface area (Å²) in [6.07, 6.45) is 12.6. The molecule has 2 atom stereocenters. The third-order valence-corrected chi connectivity index (χ3v) is 3.85. The highest BCUT2D eigenvalue weighted by Crippen LogP contribution is 2.20. The van der Waals surface area contributed by atoms with Crippen LogP contribution < -0.4 is 5.32 Å². The van der Waals surface area contributed by atoms with Gasteiger partial charge in [0.25, 0.3) is 0 Å². The number of likely N-dealkylation sites (tertiary alicyclic amines) is 1. The summed E-state index contributed by atoms with van der Waals surface area (Å²) < 4.78 is 0. The van der Waals surface area contributed by atoms with Crippen LogP contribution in [0.4, 0.5) is 0 Å². The number of nitrogens with zero attached hydrogens (tertiary/aromatic N) is 1. The molecule has 0 aromatic rings. The Morgan fingerprint density at radius 3 is 2.94 bits per heavy atom. The summed E-state index contributed by atoms with van der Waals surface area (Å²) in [5, 5.41) is 3.74. The Morgan fingerprint density at radius 1 is 1.19 bits per heavy atom. The molecule has 1 N–H and O–H groups in total. The van der Waals surface area contributed by atoms with E-state index in [4.69, 9.17) is 0 Å². The van der Waals surface area contributed by atoms with Crippen molar-refractivity contribution in [1.82, 2.24) is 10.2 Å². The van der Waals surface area contributed by atoms with Crippen molar-refractivity contribution < 1.29 is 0 Å². The highest BCUT2D eigenvalue weighted by atomic mass is 15.2. The van der Waals surface area contributed by atoms with E-state index in [1.165, 1.54) is 58.2 Å². The van der Waals surface area contributed by atoms with Crippen molar-refractivity contribution in [2.75, 3.05) is 19.6 Å². The quantitative estimate of drug-likeness (QED) is 0.568. The molecule has 0 spiro atoms. The largest absolute Gasteiger partial charge is 0.310 e. The Morgan fingerprint density at radius 2 is 2.06 bits per heavy atom. The molecule has 2 bridgehead atoms. The summed E-state index contributed by atoms with van der Waals surface area (Å²) in [4.78, 5) is 2.66. The molecule has 92 valence electrons. The zero-order chi connectivity index (χ0) is 11.2. The van der Waals surface area contributed by atoms with E-state index in [0.717, 1.165) is 12.1 Å². The summed E-state index contributed by atoms with van der Waals surface area (Å²) in [6.45, 7) is 6.09. The van der Waals surface area contributed by atoms with Crippen molar-refractivity contribution >= 4 is 0 Å². The predicted octanol–water partition coefficient (Wildman–Crippen LogP) is 2.56. The third kappa shape index (κ3) is 3.60. The van der Waals surface area contributed by atoms with E-state index in [9.17, 15) is 0 Å². The molecule has 0 aliphatic carbocycles. The molecule has 0 unspecified atom stereocenters. The number of nitrogens with one attached hydrogen (secondary N) is 1. The van der Waals surface area contributed by atoms with Gasteiger partial charge in [-0.25, -0.2) is 0 Å². The smallest absolute Gasteiger partial charge is 0.0198 e. The van der Waals surface area contributed by atoms with Crippen LogP contribution in [-0.2, 0) is 0 Å². The highest BCUT2D eigenvalue weighted by molar-refractivity contribution is 4.89.